The summed E-state index contributed by atoms with van der Waals surface area (Å²) in [4.78, 5) is 25.9. The fourth-order valence-corrected chi connectivity index (χ4v) is 4.83. The molecule has 1 heterocycles. The van der Waals surface area contributed by atoms with Crippen LogP contribution in [0, 0.1) is 16.7 Å². The van der Waals surface area contributed by atoms with Crippen LogP contribution in [0.1, 0.15) is 37.6 Å². The quantitative estimate of drug-likeness (QED) is 0.880. The van der Waals surface area contributed by atoms with E-state index in [4.69, 9.17) is 11.6 Å². The van der Waals surface area contributed by atoms with E-state index in [0.29, 0.717) is 35.3 Å². The molecule has 2 N–H and O–H groups in total. The molecular formula is C18H23ClN2O3. The van der Waals surface area contributed by atoms with Crippen LogP contribution in [0.15, 0.2) is 18.2 Å². The van der Waals surface area contributed by atoms with Crippen LogP contribution in [-0.2, 0) is 4.79 Å². The second-order valence-corrected chi connectivity index (χ2v) is 8.21. The Morgan fingerprint density at radius 3 is 2.67 bits per heavy atom. The molecule has 24 heavy (non-hydrogen) atoms. The molecule has 1 saturated heterocycles. The van der Waals surface area contributed by atoms with Gasteiger partial charge in [0.1, 0.15) is 0 Å². The maximum absolute atomic E-state index is 12.9. The van der Waals surface area contributed by atoms with E-state index in [2.05, 4.69) is 19.2 Å². The lowest BCUT2D eigenvalue weighted by Crippen LogP contribution is -2.54. The molecule has 1 aliphatic heterocycles. The third-order valence-corrected chi connectivity index (χ3v) is 5.85. The third kappa shape index (κ3) is 2.70. The Balaban J connectivity index is 1.84. The summed E-state index contributed by atoms with van der Waals surface area (Å²) >= 11 is 6.21. The molecule has 2 atom stereocenters. The normalized spacial score (nSPS) is 27.4. The molecule has 0 radical (unpaired) electrons. The average Bonchev–Trinajstić information content (AvgIpc) is 2.83. The Hall–Kier alpha value is -1.59. The van der Waals surface area contributed by atoms with Crippen molar-refractivity contribution < 1.29 is 14.7 Å². The van der Waals surface area contributed by atoms with Gasteiger partial charge in [-0.05, 0) is 36.0 Å². The van der Waals surface area contributed by atoms with Gasteiger partial charge < -0.3 is 15.3 Å². The summed E-state index contributed by atoms with van der Waals surface area (Å²) in [6.45, 7) is 7.07. The van der Waals surface area contributed by atoms with Crippen LogP contribution in [0.3, 0.4) is 0 Å². The van der Waals surface area contributed by atoms with Crippen molar-refractivity contribution >= 4 is 29.1 Å². The number of nitrogens with zero attached hydrogens (tertiary/aromatic N) is 1. The second-order valence-electron chi connectivity index (χ2n) is 7.80. The number of amides is 2. The number of carbonyl (C=O) groups is 2. The summed E-state index contributed by atoms with van der Waals surface area (Å²) in [5.41, 5.74) is 0.894. The number of hydrogen-bond acceptors (Lipinski definition) is 3. The number of anilines is 1. The Bertz CT molecular complexity index is 704. The highest BCUT2D eigenvalue weighted by Crippen LogP contribution is 2.62. The number of halogens is 1. The highest BCUT2D eigenvalue weighted by Gasteiger charge is 2.63. The predicted molar refractivity (Wildman–Crippen MR) is 93.1 cm³/mol. The largest absolute Gasteiger partial charge is 0.396 e. The zero-order valence-electron chi connectivity index (χ0n) is 14.2. The number of nitrogens with one attached hydrogen (secondary N) is 1. The zero-order valence-corrected chi connectivity index (χ0v) is 15.0. The van der Waals surface area contributed by atoms with E-state index in [1.54, 1.807) is 23.1 Å². The molecule has 5 nitrogen and oxygen atoms in total. The number of hydrogen-bond donors (Lipinski definition) is 2. The van der Waals surface area contributed by atoms with Crippen LogP contribution in [-0.4, -0.2) is 41.5 Å². The van der Waals surface area contributed by atoms with Crippen LogP contribution in [0.25, 0.3) is 0 Å². The lowest BCUT2D eigenvalue weighted by Gasteiger charge is -2.55. The first-order chi connectivity index (χ1) is 11.2. The van der Waals surface area contributed by atoms with Crippen molar-refractivity contribution in [2.24, 2.45) is 16.7 Å². The molecule has 2 fully saturated rings. The van der Waals surface area contributed by atoms with Crippen LogP contribution in [0.4, 0.5) is 5.69 Å². The van der Waals surface area contributed by atoms with Crippen molar-refractivity contribution in [1.29, 1.82) is 0 Å². The molecular weight excluding hydrogens is 328 g/mol. The molecule has 1 aliphatic carbocycles. The first kappa shape index (κ1) is 17.2. The summed E-state index contributed by atoms with van der Waals surface area (Å²) in [5.74, 6) is -0.0441. The first-order valence-electron chi connectivity index (χ1n) is 8.16. The van der Waals surface area contributed by atoms with Gasteiger partial charge in [-0.25, -0.2) is 0 Å². The molecule has 1 saturated carbocycles. The van der Waals surface area contributed by atoms with Crippen LogP contribution in [0.5, 0.6) is 0 Å². The molecule has 2 aliphatic rings. The Kier molecular flexibility index (Phi) is 4.12. The maximum Gasteiger partial charge on any atom is 0.255 e. The minimum atomic E-state index is -0.198. The standard InChI is InChI=1S/C18H23ClN2O3/c1-11(23)20-12-4-5-14(19)13(6-12)16(24)21-7-15-17(2,3)8-18(15,9-21)10-22/h4-6,15,22H,7-10H2,1-3H3,(H,20,23)/t15-,18-/m1/s1. The maximum atomic E-state index is 12.9. The lowest BCUT2D eigenvalue weighted by molar-refractivity contribution is -0.114. The third-order valence-electron chi connectivity index (χ3n) is 5.52. The van der Waals surface area contributed by atoms with Crippen molar-refractivity contribution in [1.82, 2.24) is 4.90 Å². The van der Waals surface area contributed by atoms with Gasteiger partial charge in [0, 0.05) is 31.1 Å². The monoisotopic (exact) mass is 350 g/mol. The van der Waals surface area contributed by atoms with E-state index < -0.39 is 0 Å². The molecule has 0 aromatic heterocycles. The molecule has 130 valence electrons. The van der Waals surface area contributed by atoms with Gasteiger partial charge in [0.05, 0.1) is 17.2 Å². The van der Waals surface area contributed by atoms with Crippen LogP contribution >= 0.6 is 11.6 Å². The minimum Gasteiger partial charge on any atom is -0.396 e. The first-order valence-corrected chi connectivity index (χ1v) is 8.54. The Morgan fingerprint density at radius 2 is 2.12 bits per heavy atom. The zero-order chi connectivity index (χ0) is 17.7. The van der Waals surface area contributed by atoms with Gasteiger partial charge in [0.15, 0.2) is 0 Å². The Morgan fingerprint density at radius 1 is 1.42 bits per heavy atom. The summed E-state index contributed by atoms with van der Waals surface area (Å²) in [7, 11) is 0. The molecule has 1 aromatic carbocycles. The molecule has 0 unspecified atom stereocenters. The minimum absolute atomic E-state index is 0.102. The van der Waals surface area contributed by atoms with Gasteiger partial charge in [-0.3, -0.25) is 9.59 Å². The van der Waals surface area contributed by atoms with E-state index >= 15 is 0 Å². The van der Waals surface area contributed by atoms with Gasteiger partial charge in [0.25, 0.3) is 5.91 Å². The Labute approximate surface area is 147 Å². The van der Waals surface area contributed by atoms with Crippen molar-refractivity contribution in [3.05, 3.63) is 28.8 Å². The van der Waals surface area contributed by atoms with Crippen molar-refractivity contribution in [2.45, 2.75) is 27.2 Å². The number of benzene rings is 1. The summed E-state index contributed by atoms with van der Waals surface area (Å²) < 4.78 is 0. The topological polar surface area (TPSA) is 69.6 Å². The van der Waals surface area contributed by atoms with E-state index in [0.717, 1.165) is 6.42 Å². The highest BCUT2D eigenvalue weighted by atomic mass is 35.5. The average molecular weight is 351 g/mol. The smallest absolute Gasteiger partial charge is 0.255 e. The number of fused-ring (bicyclic) bond motifs is 1. The molecule has 0 bridgehead atoms. The SMILES string of the molecule is CC(=O)Nc1ccc(Cl)c(C(=O)N2C[C@@H]3C(C)(C)C[C@]3(CO)C2)c1. The summed E-state index contributed by atoms with van der Waals surface area (Å²) in [6.07, 6.45) is 0.921. The number of aliphatic hydroxyl groups excluding tert-OH is 1. The van der Waals surface area contributed by atoms with Crippen molar-refractivity contribution in [3.63, 3.8) is 0 Å². The lowest BCUT2D eigenvalue weighted by atomic mass is 9.48. The van der Waals surface area contributed by atoms with E-state index in [1.165, 1.54) is 6.92 Å². The number of rotatable bonds is 3. The van der Waals surface area contributed by atoms with Gasteiger partial charge >= 0.3 is 0 Å². The second kappa shape index (κ2) is 5.74. The predicted octanol–water partition coefficient (Wildman–Crippen LogP) is 2.78. The van der Waals surface area contributed by atoms with Crippen molar-refractivity contribution in [3.8, 4) is 0 Å². The van der Waals surface area contributed by atoms with Gasteiger partial charge in [0.2, 0.25) is 5.91 Å². The van der Waals surface area contributed by atoms with Gasteiger partial charge in [-0.1, -0.05) is 25.4 Å². The summed E-state index contributed by atoms with van der Waals surface area (Å²) in [5, 5.41) is 12.9. The molecule has 6 heteroatoms. The van der Waals surface area contributed by atoms with Crippen LogP contribution < -0.4 is 5.32 Å². The van der Waals surface area contributed by atoms with E-state index in [9.17, 15) is 14.7 Å². The molecule has 0 spiro atoms. The fourth-order valence-electron chi connectivity index (χ4n) is 4.63. The van der Waals surface area contributed by atoms with Gasteiger partial charge in [-0.2, -0.15) is 0 Å². The highest BCUT2D eigenvalue weighted by molar-refractivity contribution is 6.34. The molecule has 3 rings (SSSR count). The van der Waals surface area contributed by atoms with E-state index in [-0.39, 0.29) is 29.3 Å². The summed E-state index contributed by atoms with van der Waals surface area (Å²) in [6, 6.07) is 4.91. The number of likely N-dealkylation sites (tertiary alicyclic amines) is 1. The number of aliphatic hydroxyl groups is 1. The van der Waals surface area contributed by atoms with Crippen LogP contribution in [0.2, 0.25) is 5.02 Å². The van der Waals surface area contributed by atoms with Crippen molar-refractivity contribution in [2.75, 3.05) is 25.0 Å². The molecule has 1 aromatic rings. The van der Waals surface area contributed by atoms with E-state index in [1.807, 2.05) is 0 Å². The fraction of sp³-hybridized carbons (Fsp3) is 0.556. The number of carbonyl (C=O) groups excluding carboxylic acids is 2. The van der Waals surface area contributed by atoms with Gasteiger partial charge in [-0.15, -0.1) is 0 Å². The molecule has 2 amide bonds.